The second-order valence-electron chi connectivity index (χ2n) is 2.90. The molecule has 0 aliphatic carbocycles. The second-order valence-corrected chi connectivity index (χ2v) is 2.90. The molecule has 1 aliphatic heterocycles. The zero-order valence-electron chi connectivity index (χ0n) is 7.27. The lowest BCUT2D eigenvalue weighted by molar-refractivity contribution is -0.138. The summed E-state index contributed by atoms with van der Waals surface area (Å²) in [7, 11) is 0. The molecule has 2 rings (SSSR count). The van der Waals surface area contributed by atoms with E-state index in [0.717, 1.165) is 0 Å². The van der Waals surface area contributed by atoms with Gasteiger partial charge in [0, 0.05) is 5.56 Å². The van der Waals surface area contributed by atoms with E-state index in [1.807, 2.05) is 0 Å². The number of aliphatic carboxylic acids is 1. The fourth-order valence-corrected chi connectivity index (χ4v) is 1.33. The van der Waals surface area contributed by atoms with E-state index in [2.05, 4.69) is 0 Å². The van der Waals surface area contributed by atoms with Gasteiger partial charge < -0.3 is 20.3 Å². The molecule has 1 heterocycles. The van der Waals surface area contributed by atoms with Crippen LogP contribution in [0, 0.1) is 0 Å². The highest BCUT2D eigenvalue weighted by atomic mass is 16.7. The molecule has 0 radical (unpaired) electrons. The Morgan fingerprint density at radius 3 is 3.00 bits per heavy atom. The van der Waals surface area contributed by atoms with Crippen molar-refractivity contribution in [2.24, 2.45) is 5.73 Å². The second kappa shape index (κ2) is 3.19. The molecule has 1 atom stereocenters. The van der Waals surface area contributed by atoms with Crippen molar-refractivity contribution in [3.05, 3.63) is 23.8 Å². The maximum Gasteiger partial charge on any atom is 0.325 e. The molecule has 0 amide bonds. The Kier molecular flexibility index (Phi) is 2.01. The molecule has 5 heteroatoms. The van der Waals surface area contributed by atoms with Crippen molar-refractivity contribution in [1.82, 2.24) is 0 Å². The minimum absolute atomic E-state index is 0.110. The molecule has 0 saturated carbocycles. The summed E-state index contributed by atoms with van der Waals surface area (Å²) in [5, 5.41) is 8.75. The van der Waals surface area contributed by atoms with Crippen molar-refractivity contribution in [3.8, 4) is 11.5 Å². The molecular formula is C9H9NO4. The van der Waals surface area contributed by atoms with E-state index in [1.165, 1.54) is 0 Å². The maximum atomic E-state index is 10.7. The van der Waals surface area contributed by atoms with Crippen molar-refractivity contribution in [2.75, 3.05) is 6.79 Å². The van der Waals surface area contributed by atoms with Crippen LogP contribution in [0.2, 0.25) is 0 Å². The van der Waals surface area contributed by atoms with Crippen LogP contribution >= 0.6 is 0 Å². The van der Waals surface area contributed by atoms with Crippen molar-refractivity contribution in [1.29, 1.82) is 0 Å². The zero-order chi connectivity index (χ0) is 10.1. The first kappa shape index (κ1) is 8.83. The van der Waals surface area contributed by atoms with Crippen LogP contribution in [-0.4, -0.2) is 17.9 Å². The number of benzene rings is 1. The molecule has 74 valence electrons. The summed E-state index contributed by atoms with van der Waals surface area (Å²) in [6.45, 7) is 0.110. The molecule has 14 heavy (non-hydrogen) atoms. The van der Waals surface area contributed by atoms with Crippen LogP contribution in [-0.2, 0) is 4.79 Å². The predicted octanol–water partition coefficient (Wildman–Crippen LogP) is 0.500. The average molecular weight is 195 g/mol. The van der Waals surface area contributed by atoms with Gasteiger partial charge in [-0.3, -0.25) is 4.79 Å². The standard InChI is InChI=1S/C9H9NO4/c10-7(9(11)12)5-2-1-3-6-8(5)14-4-13-6/h1-3,7H,4,10H2,(H,11,12). The summed E-state index contributed by atoms with van der Waals surface area (Å²) in [4.78, 5) is 10.7. The highest BCUT2D eigenvalue weighted by Gasteiger charge is 2.24. The quantitative estimate of drug-likeness (QED) is 0.718. The minimum atomic E-state index is -1.09. The number of nitrogens with two attached hydrogens (primary N) is 1. The number of carboxylic acid groups (broad SMARTS) is 1. The van der Waals surface area contributed by atoms with E-state index >= 15 is 0 Å². The fourth-order valence-electron chi connectivity index (χ4n) is 1.33. The first-order valence-electron chi connectivity index (χ1n) is 4.07. The van der Waals surface area contributed by atoms with Crippen molar-refractivity contribution < 1.29 is 19.4 Å². The van der Waals surface area contributed by atoms with Crippen LogP contribution in [0.15, 0.2) is 18.2 Å². The van der Waals surface area contributed by atoms with E-state index in [-0.39, 0.29) is 6.79 Å². The molecule has 1 unspecified atom stereocenters. The number of hydrogen-bond donors (Lipinski definition) is 2. The van der Waals surface area contributed by atoms with Crippen LogP contribution in [0.5, 0.6) is 11.5 Å². The fraction of sp³-hybridized carbons (Fsp3) is 0.222. The third-order valence-electron chi connectivity index (χ3n) is 2.03. The first-order valence-corrected chi connectivity index (χ1v) is 4.07. The highest BCUT2D eigenvalue weighted by Crippen LogP contribution is 2.37. The van der Waals surface area contributed by atoms with Crippen LogP contribution in [0.25, 0.3) is 0 Å². The largest absolute Gasteiger partial charge is 0.480 e. The molecule has 1 aromatic carbocycles. The Morgan fingerprint density at radius 1 is 1.50 bits per heavy atom. The molecule has 0 bridgehead atoms. The van der Waals surface area contributed by atoms with Gasteiger partial charge in [-0.15, -0.1) is 0 Å². The predicted molar refractivity (Wildman–Crippen MR) is 47.1 cm³/mol. The van der Waals surface area contributed by atoms with E-state index in [1.54, 1.807) is 18.2 Å². The van der Waals surface area contributed by atoms with Gasteiger partial charge in [-0.2, -0.15) is 0 Å². The van der Waals surface area contributed by atoms with Gasteiger partial charge in [0.2, 0.25) is 6.79 Å². The van der Waals surface area contributed by atoms with Crippen LogP contribution < -0.4 is 15.2 Å². The average Bonchev–Trinajstić information content (AvgIpc) is 2.63. The molecule has 0 spiro atoms. The van der Waals surface area contributed by atoms with Gasteiger partial charge in [-0.1, -0.05) is 12.1 Å². The van der Waals surface area contributed by atoms with Crippen molar-refractivity contribution >= 4 is 5.97 Å². The number of rotatable bonds is 2. The molecule has 3 N–H and O–H groups in total. The SMILES string of the molecule is NC(C(=O)O)c1cccc2c1OCO2. The molecule has 1 aliphatic rings. The van der Waals surface area contributed by atoms with E-state index in [9.17, 15) is 4.79 Å². The third kappa shape index (κ3) is 1.27. The molecule has 5 nitrogen and oxygen atoms in total. The number of para-hydroxylation sites is 1. The third-order valence-corrected chi connectivity index (χ3v) is 2.03. The summed E-state index contributed by atoms with van der Waals surface area (Å²) in [5.74, 6) is -0.115. The summed E-state index contributed by atoms with van der Waals surface area (Å²) >= 11 is 0. The van der Waals surface area contributed by atoms with Gasteiger partial charge >= 0.3 is 5.97 Å². The summed E-state index contributed by atoms with van der Waals surface area (Å²) < 4.78 is 10.2. The van der Waals surface area contributed by atoms with Gasteiger partial charge in [-0.25, -0.2) is 0 Å². The smallest absolute Gasteiger partial charge is 0.325 e. The Balaban J connectivity index is 2.44. The van der Waals surface area contributed by atoms with Crippen LogP contribution in [0.4, 0.5) is 0 Å². The van der Waals surface area contributed by atoms with Gasteiger partial charge in [0.15, 0.2) is 11.5 Å². The van der Waals surface area contributed by atoms with Crippen molar-refractivity contribution in [2.45, 2.75) is 6.04 Å². The first-order chi connectivity index (χ1) is 6.70. The molecule has 0 aromatic heterocycles. The van der Waals surface area contributed by atoms with E-state index in [4.69, 9.17) is 20.3 Å². The molecule has 0 fully saturated rings. The number of carbonyl (C=O) groups is 1. The van der Waals surface area contributed by atoms with E-state index in [0.29, 0.717) is 17.1 Å². The van der Waals surface area contributed by atoms with Crippen LogP contribution in [0.3, 0.4) is 0 Å². The monoisotopic (exact) mass is 195 g/mol. The molecule has 0 saturated heterocycles. The van der Waals surface area contributed by atoms with Gasteiger partial charge in [-0.05, 0) is 6.07 Å². The highest BCUT2D eigenvalue weighted by molar-refractivity contribution is 5.77. The summed E-state index contributed by atoms with van der Waals surface area (Å²) in [5.41, 5.74) is 5.91. The molecule has 1 aromatic rings. The Labute approximate surface area is 80.0 Å². The maximum absolute atomic E-state index is 10.7. The number of hydrogen-bond acceptors (Lipinski definition) is 4. The topological polar surface area (TPSA) is 81.8 Å². The van der Waals surface area contributed by atoms with Gasteiger partial charge in [0.25, 0.3) is 0 Å². The Hall–Kier alpha value is -1.75. The number of fused-ring (bicyclic) bond motifs is 1. The summed E-state index contributed by atoms with van der Waals surface area (Å²) in [6, 6.07) is 3.94. The number of carboxylic acids is 1. The van der Waals surface area contributed by atoms with Crippen LogP contribution in [0.1, 0.15) is 11.6 Å². The lowest BCUT2D eigenvalue weighted by atomic mass is 10.1. The Bertz CT molecular complexity index is 377. The lowest BCUT2D eigenvalue weighted by Crippen LogP contribution is -2.20. The Morgan fingerprint density at radius 2 is 2.29 bits per heavy atom. The van der Waals surface area contributed by atoms with E-state index < -0.39 is 12.0 Å². The van der Waals surface area contributed by atoms with Gasteiger partial charge in [0.1, 0.15) is 6.04 Å². The van der Waals surface area contributed by atoms with Gasteiger partial charge in [0.05, 0.1) is 0 Å². The van der Waals surface area contributed by atoms with Crippen molar-refractivity contribution in [3.63, 3.8) is 0 Å². The summed E-state index contributed by atoms with van der Waals surface area (Å²) in [6.07, 6.45) is 0. The number of ether oxygens (including phenoxy) is 2. The molecular weight excluding hydrogens is 186 g/mol. The zero-order valence-corrected chi connectivity index (χ0v) is 7.27. The lowest BCUT2D eigenvalue weighted by Gasteiger charge is -2.09. The minimum Gasteiger partial charge on any atom is -0.480 e. The normalized spacial score (nSPS) is 15.2.